The molecule has 1 aliphatic heterocycles. The van der Waals surface area contributed by atoms with Gasteiger partial charge >= 0.3 is 0 Å². The number of rotatable bonds is 3. The highest BCUT2D eigenvalue weighted by Gasteiger charge is 2.18. The Bertz CT molecular complexity index is 607. The Morgan fingerprint density at radius 1 is 1.58 bits per heavy atom. The summed E-state index contributed by atoms with van der Waals surface area (Å²) in [6.07, 6.45) is 7.13. The molecule has 100 valence electrons. The van der Waals surface area contributed by atoms with Crippen molar-refractivity contribution in [1.82, 2.24) is 19.9 Å². The third-order valence-electron chi connectivity index (χ3n) is 3.08. The van der Waals surface area contributed by atoms with Crippen LogP contribution in [0.4, 0.5) is 0 Å². The molecule has 2 aromatic rings. The monoisotopic (exact) mass is 324 g/mol. The molecule has 6 nitrogen and oxygen atoms in total. The van der Waals surface area contributed by atoms with Crippen molar-refractivity contribution in [2.45, 2.75) is 18.9 Å². The van der Waals surface area contributed by atoms with Crippen molar-refractivity contribution >= 4 is 27.5 Å². The van der Waals surface area contributed by atoms with E-state index >= 15 is 0 Å². The Labute approximate surface area is 118 Å². The molecule has 1 fully saturated rings. The van der Waals surface area contributed by atoms with Gasteiger partial charge in [0.2, 0.25) is 0 Å². The van der Waals surface area contributed by atoms with Gasteiger partial charge in [-0.1, -0.05) is 0 Å². The molecule has 7 heteroatoms. The summed E-state index contributed by atoms with van der Waals surface area (Å²) in [5.74, 6) is -0.166. The predicted molar refractivity (Wildman–Crippen MR) is 72.0 cm³/mol. The second kappa shape index (κ2) is 5.26. The summed E-state index contributed by atoms with van der Waals surface area (Å²) in [6, 6.07) is 0. The Morgan fingerprint density at radius 2 is 2.47 bits per heavy atom. The number of hydrogen-bond donors (Lipinski definition) is 1. The first-order chi connectivity index (χ1) is 9.24. The van der Waals surface area contributed by atoms with Crippen LogP contribution in [0.25, 0.3) is 5.65 Å². The molecular formula is C12H13BrN4O2. The fraction of sp³-hybridized carbons (Fsp3) is 0.417. The first-order valence-corrected chi connectivity index (χ1v) is 6.92. The van der Waals surface area contributed by atoms with Gasteiger partial charge < -0.3 is 10.1 Å². The van der Waals surface area contributed by atoms with Gasteiger partial charge in [0, 0.05) is 25.5 Å². The van der Waals surface area contributed by atoms with E-state index in [-0.39, 0.29) is 12.0 Å². The summed E-state index contributed by atoms with van der Waals surface area (Å²) >= 11 is 3.31. The number of carbonyl (C=O) groups excluding carboxylic acids is 1. The minimum absolute atomic E-state index is 0.132. The van der Waals surface area contributed by atoms with Gasteiger partial charge in [-0.2, -0.15) is 5.10 Å². The molecule has 1 unspecified atom stereocenters. The lowest BCUT2D eigenvalue weighted by atomic mass is 10.2. The normalized spacial score (nSPS) is 18.9. The van der Waals surface area contributed by atoms with E-state index in [1.807, 2.05) is 0 Å². The van der Waals surface area contributed by atoms with Crippen molar-refractivity contribution in [3.8, 4) is 0 Å². The highest BCUT2D eigenvalue weighted by Crippen LogP contribution is 2.13. The summed E-state index contributed by atoms with van der Waals surface area (Å²) in [6.45, 7) is 1.32. The topological polar surface area (TPSA) is 68.5 Å². The number of ether oxygens (including phenoxy) is 1. The molecule has 3 heterocycles. The molecule has 0 aromatic carbocycles. The number of fused-ring (bicyclic) bond motifs is 1. The number of nitrogens with zero attached hydrogens (tertiary/aromatic N) is 3. The molecule has 1 N–H and O–H groups in total. The maximum Gasteiger partial charge on any atom is 0.256 e. The van der Waals surface area contributed by atoms with Gasteiger partial charge in [-0.05, 0) is 28.8 Å². The second-order valence-corrected chi connectivity index (χ2v) is 5.36. The molecule has 0 aliphatic carbocycles. The maximum atomic E-state index is 12.1. The molecule has 1 atom stereocenters. The van der Waals surface area contributed by atoms with Gasteiger partial charge in [-0.3, -0.25) is 4.79 Å². The summed E-state index contributed by atoms with van der Waals surface area (Å²) in [5.41, 5.74) is 1.03. The van der Waals surface area contributed by atoms with Crippen molar-refractivity contribution in [3.63, 3.8) is 0 Å². The summed E-state index contributed by atoms with van der Waals surface area (Å²) in [4.78, 5) is 16.3. The van der Waals surface area contributed by atoms with E-state index in [2.05, 4.69) is 31.3 Å². The number of amides is 1. The quantitative estimate of drug-likeness (QED) is 0.926. The average molecular weight is 325 g/mol. The van der Waals surface area contributed by atoms with Crippen molar-refractivity contribution in [3.05, 3.63) is 28.6 Å². The molecule has 1 saturated heterocycles. The van der Waals surface area contributed by atoms with E-state index in [9.17, 15) is 4.79 Å². The first-order valence-electron chi connectivity index (χ1n) is 6.13. The van der Waals surface area contributed by atoms with Crippen LogP contribution in [0, 0.1) is 0 Å². The molecule has 2 aromatic heterocycles. The van der Waals surface area contributed by atoms with Gasteiger partial charge in [0.15, 0.2) is 5.65 Å². The van der Waals surface area contributed by atoms with Gasteiger partial charge in [0.05, 0.1) is 16.8 Å². The lowest BCUT2D eigenvalue weighted by molar-refractivity contribution is 0.0859. The van der Waals surface area contributed by atoms with E-state index in [1.54, 1.807) is 16.9 Å². The van der Waals surface area contributed by atoms with E-state index in [0.29, 0.717) is 17.8 Å². The highest BCUT2D eigenvalue weighted by molar-refractivity contribution is 9.10. The van der Waals surface area contributed by atoms with Crippen LogP contribution in [0.3, 0.4) is 0 Å². The minimum Gasteiger partial charge on any atom is -0.376 e. The van der Waals surface area contributed by atoms with Crippen molar-refractivity contribution in [2.75, 3.05) is 13.2 Å². The van der Waals surface area contributed by atoms with Crippen LogP contribution < -0.4 is 5.32 Å². The van der Waals surface area contributed by atoms with Crippen LogP contribution in [0.5, 0.6) is 0 Å². The Hall–Kier alpha value is -1.47. The van der Waals surface area contributed by atoms with E-state index in [0.717, 1.165) is 23.9 Å². The standard InChI is InChI=1S/C12H13BrN4O2/c13-8-4-14-11-10(6-16-17(11)7-8)12(18)15-5-9-2-1-3-19-9/h4,6-7,9H,1-3,5H2,(H,15,18). The molecule has 3 rings (SSSR count). The van der Waals surface area contributed by atoms with Gasteiger partial charge in [0.1, 0.15) is 5.56 Å². The average Bonchev–Trinajstić information content (AvgIpc) is 3.04. The van der Waals surface area contributed by atoms with E-state index in [4.69, 9.17) is 4.74 Å². The second-order valence-electron chi connectivity index (χ2n) is 4.44. The number of carbonyl (C=O) groups is 1. The van der Waals surface area contributed by atoms with Crippen LogP contribution in [0.2, 0.25) is 0 Å². The number of halogens is 1. The zero-order chi connectivity index (χ0) is 13.2. The van der Waals surface area contributed by atoms with Gasteiger partial charge in [-0.25, -0.2) is 9.50 Å². The van der Waals surface area contributed by atoms with Crippen molar-refractivity contribution < 1.29 is 9.53 Å². The van der Waals surface area contributed by atoms with Crippen LogP contribution in [-0.2, 0) is 4.74 Å². The molecule has 0 saturated carbocycles. The molecule has 1 aliphatic rings. The van der Waals surface area contributed by atoms with Crippen molar-refractivity contribution in [1.29, 1.82) is 0 Å². The Morgan fingerprint density at radius 3 is 3.26 bits per heavy atom. The molecule has 19 heavy (non-hydrogen) atoms. The van der Waals surface area contributed by atoms with Crippen LogP contribution in [-0.4, -0.2) is 39.8 Å². The number of nitrogens with one attached hydrogen (secondary N) is 1. The first kappa shape index (κ1) is 12.6. The summed E-state index contributed by atoms with van der Waals surface area (Å²) in [5, 5.41) is 6.98. The van der Waals surface area contributed by atoms with Gasteiger partial charge in [-0.15, -0.1) is 0 Å². The molecule has 0 spiro atoms. The fourth-order valence-corrected chi connectivity index (χ4v) is 2.42. The van der Waals surface area contributed by atoms with E-state index in [1.165, 1.54) is 6.20 Å². The highest BCUT2D eigenvalue weighted by atomic mass is 79.9. The number of hydrogen-bond acceptors (Lipinski definition) is 4. The Kier molecular flexibility index (Phi) is 3.48. The van der Waals surface area contributed by atoms with Crippen LogP contribution >= 0.6 is 15.9 Å². The summed E-state index contributed by atoms with van der Waals surface area (Å²) < 4.78 is 7.86. The minimum atomic E-state index is -0.166. The SMILES string of the molecule is O=C(NCC1CCCO1)c1cnn2cc(Br)cnc12. The lowest BCUT2D eigenvalue weighted by Gasteiger charge is -2.09. The summed E-state index contributed by atoms with van der Waals surface area (Å²) in [7, 11) is 0. The third-order valence-corrected chi connectivity index (χ3v) is 3.49. The Balaban J connectivity index is 1.74. The van der Waals surface area contributed by atoms with Crippen LogP contribution in [0.15, 0.2) is 23.1 Å². The molecule has 0 radical (unpaired) electrons. The van der Waals surface area contributed by atoms with Crippen LogP contribution in [0.1, 0.15) is 23.2 Å². The zero-order valence-corrected chi connectivity index (χ0v) is 11.8. The molecule has 1 amide bonds. The fourth-order valence-electron chi connectivity index (χ4n) is 2.12. The maximum absolute atomic E-state index is 12.1. The molecular weight excluding hydrogens is 312 g/mol. The van der Waals surface area contributed by atoms with E-state index < -0.39 is 0 Å². The number of aromatic nitrogens is 3. The smallest absolute Gasteiger partial charge is 0.256 e. The lowest BCUT2D eigenvalue weighted by Crippen LogP contribution is -2.31. The zero-order valence-electron chi connectivity index (χ0n) is 10.2. The largest absolute Gasteiger partial charge is 0.376 e. The van der Waals surface area contributed by atoms with Crippen molar-refractivity contribution in [2.24, 2.45) is 0 Å². The predicted octanol–water partition coefficient (Wildman–Crippen LogP) is 1.40. The third kappa shape index (κ3) is 2.62. The van der Waals surface area contributed by atoms with Gasteiger partial charge in [0.25, 0.3) is 5.91 Å². The molecule has 0 bridgehead atoms.